The Balaban J connectivity index is 1.53. The minimum Gasteiger partial charge on any atom is -0.451 e. The predicted octanol–water partition coefficient (Wildman–Crippen LogP) is 3.07. The number of nitrogens with zero attached hydrogens (tertiary/aromatic N) is 1. The first-order chi connectivity index (χ1) is 10.8. The fraction of sp³-hybridized carbons (Fsp3) is 0.556. The molecule has 1 amide bonds. The van der Waals surface area contributed by atoms with Gasteiger partial charge in [0.2, 0.25) is 0 Å². The molecule has 118 valence electrons. The van der Waals surface area contributed by atoms with E-state index in [1.807, 2.05) is 30.3 Å². The molecule has 0 radical (unpaired) electrons. The summed E-state index contributed by atoms with van der Waals surface area (Å²) in [7, 11) is 0. The van der Waals surface area contributed by atoms with Crippen LogP contribution in [0.25, 0.3) is 0 Å². The lowest BCUT2D eigenvalue weighted by atomic mass is 10.0. The SMILES string of the molecule is O=C1NC(=NCC2CCCCCC2)OC1Cc1ccccc1. The standard InChI is InChI=1S/C18H24N2O2/c21-17-16(12-14-8-6-3-7-9-14)22-18(20-17)19-13-15-10-4-1-2-5-11-15/h3,6-9,15-16H,1-2,4-5,10-13H2,(H,19,20,21). The Bertz CT molecular complexity index is 519. The van der Waals surface area contributed by atoms with Gasteiger partial charge < -0.3 is 4.74 Å². The summed E-state index contributed by atoms with van der Waals surface area (Å²) < 4.78 is 5.69. The minimum atomic E-state index is -0.449. The predicted molar refractivity (Wildman–Crippen MR) is 86.7 cm³/mol. The quantitative estimate of drug-likeness (QED) is 0.869. The van der Waals surface area contributed by atoms with Gasteiger partial charge in [-0.2, -0.15) is 0 Å². The van der Waals surface area contributed by atoms with Crippen LogP contribution in [0.15, 0.2) is 35.3 Å². The van der Waals surface area contributed by atoms with E-state index in [9.17, 15) is 4.79 Å². The molecule has 4 nitrogen and oxygen atoms in total. The average molecular weight is 300 g/mol. The van der Waals surface area contributed by atoms with Gasteiger partial charge in [0.1, 0.15) is 0 Å². The Hall–Kier alpha value is -1.84. The van der Waals surface area contributed by atoms with Gasteiger partial charge in [0.05, 0.1) is 0 Å². The Labute approximate surface area is 132 Å². The van der Waals surface area contributed by atoms with E-state index in [-0.39, 0.29) is 5.91 Å². The average Bonchev–Trinajstić information content (AvgIpc) is 2.75. The van der Waals surface area contributed by atoms with Gasteiger partial charge in [0, 0.05) is 13.0 Å². The summed E-state index contributed by atoms with van der Waals surface area (Å²) in [5, 5.41) is 2.77. The molecule has 3 rings (SSSR count). The number of ether oxygens (including phenoxy) is 1. The van der Waals surface area contributed by atoms with Gasteiger partial charge in [0.25, 0.3) is 11.9 Å². The maximum absolute atomic E-state index is 12.0. The molecule has 1 aromatic carbocycles. The largest absolute Gasteiger partial charge is 0.451 e. The van der Waals surface area contributed by atoms with E-state index >= 15 is 0 Å². The molecule has 2 fully saturated rings. The van der Waals surface area contributed by atoms with Crippen LogP contribution in [-0.4, -0.2) is 24.6 Å². The van der Waals surface area contributed by atoms with Crippen LogP contribution in [-0.2, 0) is 16.0 Å². The Morgan fingerprint density at radius 3 is 2.55 bits per heavy atom. The lowest BCUT2D eigenvalue weighted by molar-refractivity contribution is -0.123. The van der Waals surface area contributed by atoms with Gasteiger partial charge in [-0.05, 0) is 24.3 Å². The summed E-state index contributed by atoms with van der Waals surface area (Å²) in [6.07, 6.45) is 7.94. The highest BCUT2D eigenvalue weighted by Crippen LogP contribution is 2.23. The lowest BCUT2D eigenvalue weighted by Gasteiger charge is -2.11. The van der Waals surface area contributed by atoms with Crippen LogP contribution in [0.5, 0.6) is 0 Å². The third-order valence-corrected chi connectivity index (χ3v) is 4.51. The number of aliphatic imine (C=N–C) groups is 1. The first-order valence-electron chi connectivity index (χ1n) is 8.37. The highest BCUT2D eigenvalue weighted by molar-refractivity contribution is 6.02. The van der Waals surface area contributed by atoms with Gasteiger partial charge in [-0.15, -0.1) is 0 Å². The minimum absolute atomic E-state index is 0.0801. The summed E-state index contributed by atoms with van der Waals surface area (Å²) in [6, 6.07) is 10.4. The molecule has 1 atom stereocenters. The monoisotopic (exact) mass is 300 g/mol. The van der Waals surface area contributed by atoms with E-state index in [0.29, 0.717) is 18.4 Å². The van der Waals surface area contributed by atoms with Crippen LogP contribution in [0, 0.1) is 5.92 Å². The topological polar surface area (TPSA) is 50.7 Å². The third kappa shape index (κ3) is 4.09. The van der Waals surface area contributed by atoms with Gasteiger partial charge in [-0.1, -0.05) is 56.0 Å². The van der Waals surface area contributed by atoms with Crippen LogP contribution in [0.4, 0.5) is 0 Å². The van der Waals surface area contributed by atoms with Crippen molar-refractivity contribution in [1.82, 2.24) is 5.32 Å². The van der Waals surface area contributed by atoms with E-state index in [2.05, 4.69) is 10.3 Å². The molecule has 1 N–H and O–H groups in total. The zero-order valence-corrected chi connectivity index (χ0v) is 13.0. The fourth-order valence-electron chi connectivity index (χ4n) is 3.20. The van der Waals surface area contributed by atoms with Gasteiger partial charge >= 0.3 is 0 Å². The molecule has 4 heteroatoms. The van der Waals surface area contributed by atoms with Crippen molar-refractivity contribution in [2.45, 2.75) is 51.0 Å². The number of carbonyl (C=O) groups excluding carboxylic acids is 1. The van der Waals surface area contributed by atoms with Crippen molar-refractivity contribution >= 4 is 11.9 Å². The van der Waals surface area contributed by atoms with Crippen molar-refractivity contribution in [3.05, 3.63) is 35.9 Å². The number of rotatable bonds is 4. The van der Waals surface area contributed by atoms with E-state index < -0.39 is 6.10 Å². The van der Waals surface area contributed by atoms with Gasteiger partial charge in [-0.25, -0.2) is 4.99 Å². The number of amides is 1. The molecule has 1 aromatic rings. The van der Waals surface area contributed by atoms with Crippen LogP contribution in [0.1, 0.15) is 44.1 Å². The first kappa shape index (κ1) is 15.1. The summed E-state index contributed by atoms with van der Waals surface area (Å²) in [6.45, 7) is 0.771. The van der Waals surface area contributed by atoms with Crippen LogP contribution in [0.3, 0.4) is 0 Å². The fourth-order valence-corrected chi connectivity index (χ4v) is 3.20. The van der Waals surface area contributed by atoms with Crippen LogP contribution < -0.4 is 5.32 Å². The normalized spacial score (nSPS) is 24.8. The lowest BCUT2D eigenvalue weighted by Crippen LogP contribution is -2.26. The number of benzene rings is 1. The molecule has 0 bridgehead atoms. The molecule has 22 heavy (non-hydrogen) atoms. The van der Waals surface area contributed by atoms with Gasteiger partial charge in [0.15, 0.2) is 6.10 Å². The van der Waals surface area contributed by atoms with E-state index in [1.165, 1.54) is 38.5 Å². The molecule has 1 heterocycles. The highest BCUT2D eigenvalue weighted by atomic mass is 16.5. The molecule has 1 aliphatic heterocycles. The molecule has 1 aliphatic carbocycles. The zero-order valence-electron chi connectivity index (χ0n) is 13.0. The van der Waals surface area contributed by atoms with Crippen molar-refractivity contribution in [3.63, 3.8) is 0 Å². The van der Waals surface area contributed by atoms with Crippen LogP contribution in [0.2, 0.25) is 0 Å². The van der Waals surface area contributed by atoms with E-state index in [1.54, 1.807) is 0 Å². The number of nitrogens with one attached hydrogen (secondary N) is 1. The number of carbonyl (C=O) groups is 1. The smallest absolute Gasteiger partial charge is 0.292 e. The molecule has 1 saturated carbocycles. The van der Waals surface area contributed by atoms with Crippen LogP contribution >= 0.6 is 0 Å². The molecular weight excluding hydrogens is 276 g/mol. The Morgan fingerprint density at radius 2 is 1.82 bits per heavy atom. The third-order valence-electron chi connectivity index (χ3n) is 4.51. The van der Waals surface area contributed by atoms with Crippen molar-refractivity contribution in [1.29, 1.82) is 0 Å². The second-order valence-electron chi connectivity index (χ2n) is 6.29. The van der Waals surface area contributed by atoms with E-state index in [0.717, 1.165) is 12.1 Å². The maximum Gasteiger partial charge on any atom is 0.292 e. The summed E-state index contributed by atoms with van der Waals surface area (Å²) >= 11 is 0. The van der Waals surface area contributed by atoms with Gasteiger partial charge in [-0.3, -0.25) is 10.1 Å². The second-order valence-corrected chi connectivity index (χ2v) is 6.29. The summed E-state index contributed by atoms with van der Waals surface area (Å²) in [5.74, 6) is 0.562. The molecule has 1 saturated heterocycles. The maximum atomic E-state index is 12.0. The highest BCUT2D eigenvalue weighted by Gasteiger charge is 2.30. The van der Waals surface area contributed by atoms with Crippen molar-refractivity contribution in [2.24, 2.45) is 10.9 Å². The van der Waals surface area contributed by atoms with Crippen molar-refractivity contribution in [3.8, 4) is 0 Å². The molecular formula is C18H24N2O2. The summed E-state index contributed by atoms with van der Waals surface area (Å²) in [4.78, 5) is 16.5. The first-order valence-corrected chi connectivity index (χ1v) is 8.37. The van der Waals surface area contributed by atoms with Crippen molar-refractivity contribution in [2.75, 3.05) is 6.54 Å². The summed E-state index contributed by atoms with van der Waals surface area (Å²) in [5.41, 5.74) is 1.10. The molecule has 1 unspecified atom stereocenters. The number of hydrogen-bond donors (Lipinski definition) is 1. The number of hydrogen-bond acceptors (Lipinski definition) is 3. The number of amidine groups is 1. The Morgan fingerprint density at radius 1 is 1.09 bits per heavy atom. The molecule has 0 spiro atoms. The molecule has 0 aromatic heterocycles. The van der Waals surface area contributed by atoms with Crippen molar-refractivity contribution < 1.29 is 9.53 Å². The second kappa shape index (κ2) is 7.43. The zero-order chi connectivity index (χ0) is 15.2. The molecule has 2 aliphatic rings. The van der Waals surface area contributed by atoms with E-state index in [4.69, 9.17) is 4.74 Å². The Kier molecular flexibility index (Phi) is 5.09.